The number of hydrogen-bond donors (Lipinski definition) is 1. The van der Waals surface area contributed by atoms with E-state index in [-0.39, 0.29) is 11.6 Å². The second-order valence-corrected chi connectivity index (χ2v) is 4.24. The van der Waals surface area contributed by atoms with Crippen molar-refractivity contribution < 1.29 is 9.13 Å². The summed E-state index contributed by atoms with van der Waals surface area (Å²) in [5, 5.41) is 3.28. The third-order valence-electron chi connectivity index (χ3n) is 2.59. The van der Waals surface area contributed by atoms with Gasteiger partial charge in [-0.05, 0) is 36.7 Å². The number of benzene rings is 1. The van der Waals surface area contributed by atoms with Crippen LogP contribution in [-0.2, 0) is 6.54 Å². The van der Waals surface area contributed by atoms with E-state index in [0.29, 0.717) is 5.75 Å². The molecule has 1 N–H and O–H groups in total. The van der Waals surface area contributed by atoms with Crippen LogP contribution in [-0.4, -0.2) is 11.5 Å². The second-order valence-electron chi connectivity index (χ2n) is 4.24. The van der Waals surface area contributed by atoms with Crippen molar-refractivity contribution in [3.05, 3.63) is 54.1 Å². The standard InChI is InChI=1S/C15H17FN2O/c1-2-7-17-9-12-8-13(11-18-10-12)19-15-6-4-3-5-14(15)16/h3-6,8,10-11,17H,2,7,9H2,1H3. The largest absolute Gasteiger partial charge is 0.453 e. The Bertz CT molecular complexity index is 531. The van der Waals surface area contributed by atoms with Crippen LogP contribution in [0.4, 0.5) is 4.39 Å². The SMILES string of the molecule is CCCNCc1cncc(Oc2ccccc2F)c1. The number of halogens is 1. The highest BCUT2D eigenvalue weighted by molar-refractivity contribution is 5.32. The van der Waals surface area contributed by atoms with Gasteiger partial charge >= 0.3 is 0 Å². The molecule has 0 aliphatic heterocycles. The van der Waals surface area contributed by atoms with Gasteiger partial charge < -0.3 is 10.1 Å². The van der Waals surface area contributed by atoms with Crippen LogP contribution >= 0.6 is 0 Å². The van der Waals surface area contributed by atoms with E-state index in [1.165, 1.54) is 6.07 Å². The summed E-state index contributed by atoms with van der Waals surface area (Å²) in [6.45, 7) is 3.80. The summed E-state index contributed by atoms with van der Waals surface area (Å²) >= 11 is 0. The molecule has 3 nitrogen and oxygen atoms in total. The van der Waals surface area contributed by atoms with E-state index >= 15 is 0 Å². The Labute approximate surface area is 112 Å². The number of aromatic nitrogens is 1. The highest BCUT2D eigenvalue weighted by atomic mass is 19.1. The van der Waals surface area contributed by atoms with Crippen LogP contribution in [0.2, 0.25) is 0 Å². The summed E-state index contributed by atoms with van der Waals surface area (Å²) in [7, 11) is 0. The minimum Gasteiger partial charge on any atom is -0.453 e. The van der Waals surface area contributed by atoms with E-state index in [9.17, 15) is 4.39 Å². The summed E-state index contributed by atoms with van der Waals surface area (Å²) in [6.07, 6.45) is 4.44. The molecule has 0 saturated heterocycles. The summed E-state index contributed by atoms with van der Waals surface area (Å²) in [5.41, 5.74) is 1.02. The van der Waals surface area contributed by atoms with Crippen LogP contribution in [0.3, 0.4) is 0 Å². The molecular weight excluding hydrogens is 243 g/mol. The van der Waals surface area contributed by atoms with Crippen molar-refractivity contribution in [3.8, 4) is 11.5 Å². The van der Waals surface area contributed by atoms with Gasteiger partial charge in [-0.3, -0.25) is 4.98 Å². The number of nitrogens with zero attached hydrogens (tertiary/aromatic N) is 1. The van der Waals surface area contributed by atoms with Gasteiger partial charge in [-0.2, -0.15) is 0 Å². The van der Waals surface area contributed by atoms with Gasteiger partial charge in [-0.1, -0.05) is 19.1 Å². The first-order chi connectivity index (χ1) is 9.29. The molecule has 0 radical (unpaired) electrons. The van der Waals surface area contributed by atoms with Crippen LogP contribution in [0.5, 0.6) is 11.5 Å². The van der Waals surface area contributed by atoms with Gasteiger partial charge in [-0.15, -0.1) is 0 Å². The van der Waals surface area contributed by atoms with E-state index in [4.69, 9.17) is 4.74 Å². The van der Waals surface area contributed by atoms with Crippen LogP contribution < -0.4 is 10.1 Å². The second kappa shape index (κ2) is 6.85. The number of nitrogens with one attached hydrogen (secondary N) is 1. The first-order valence-corrected chi connectivity index (χ1v) is 6.36. The molecule has 0 aliphatic rings. The molecule has 19 heavy (non-hydrogen) atoms. The lowest BCUT2D eigenvalue weighted by Gasteiger charge is -2.08. The smallest absolute Gasteiger partial charge is 0.165 e. The van der Waals surface area contributed by atoms with E-state index in [1.807, 2.05) is 6.07 Å². The Hall–Kier alpha value is -1.94. The Morgan fingerprint density at radius 3 is 2.89 bits per heavy atom. The average molecular weight is 260 g/mol. The molecule has 2 aromatic rings. The lowest BCUT2D eigenvalue weighted by atomic mass is 10.2. The summed E-state index contributed by atoms with van der Waals surface area (Å²) in [4.78, 5) is 4.10. The first-order valence-electron chi connectivity index (χ1n) is 6.36. The maximum absolute atomic E-state index is 13.5. The predicted molar refractivity (Wildman–Crippen MR) is 72.7 cm³/mol. The summed E-state index contributed by atoms with van der Waals surface area (Å²) in [5.74, 6) is 0.376. The molecule has 0 bridgehead atoms. The molecule has 1 heterocycles. The van der Waals surface area contributed by atoms with Crippen LogP contribution in [0.25, 0.3) is 0 Å². The predicted octanol–water partition coefficient (Wildman–Crippen LogP) is 3.51. The molecule has 1 aromatic heterocycles. The van der Waals surface area contributed by atoms with Crippen LogP contribution in [0.15, 0.2) is 42.7 Å². The average Bonchev–Trinajstić information content (AvgIpc) is 2.42. The van der Waals surface area contributed by atoms with Gasteiger partial charge in [0.1, 0.15) is 5.75 Å². The lowest BCUT2D eigenvalue weighted by molar-refractivity contribution is 0.440. The highest BCUT2D eigenvalue weighted by Gasteiger charge is 2.04. The number of pyridine rings is 1. The Kier molecular flexibility index (Phi) is 4.86. The van der Waals surface area contributed by atoms with Crippen molar-refractivity contribution in [2.45, 2.75) is 19.9 Å². The molecule has 0 unspecified atom stereocenters. The fraction of sp³-hybridized carbons (Fsp3) is 0.267. The molecule has 4 heteroatoms. The van der Waals surface area contributed by atoms with Crippen LogP contribution in [0.1, 0.15) is 18.9 Å². The molecule has 0 aliphatic carbocycles. The minimum atomic E-state index is -0.378. The molecule has 0 atom stereocenters. The zero-order valence-corrected chi connectivity index (χ0v) is 10.9. The van der Waals surface area contributed by atoms with Crippen molar-refractivity contribution in [1.82, 2.24) is 10.3 Å². The zero-order chi connectivity index (χ0) is 13.5. The third kappa shape index (κ3) is 4.03. The van der Waals surface area contributed by atoms with E-state index < -0.39 is 0 Å². The molecule has 100 valence electrons. The number of para-hydroxylation sites is 1. The third-order valence-corrected chi connectivity index (χ3v) is 2.59. The fourth-order valence-electron chi connectivity index (χ4n) is 1.68. The quantitative estimate of drug-likeness (QED) is 0.807. The Morgan fingerprint density at radius 1 is 1.26 bits per heavy atom. The summed E-state index contributed by atoms with van der Waals surface area (Å²) < 4.78 is 19.0. The van der Waals surface area contributed by atoms with E-state index in [2.05, 4.69) is 17.2 Å². The normalized spacial score (nSPS) is 10.4. The molecule has 0 saturated carbocycles. The zero-order valence-electron chi connectivity index (χ0n) is 10.9. The van der Waals surface area contributed by atoms with Crippen molar-refractivity contribution in [2.24, 2.45) is 0 Å². The maximum atomic E-state index is 13.5. The van der Waals surface area contributed by atoms with Gasteiger partial charge in [0.05, 0.1) is 6.20 Å². The molecular formula is C15H17FN2O. The van der Waals surface area contributed by atoms with Crippen molar-refractivity contribution >= 4 is 0 Å². The van der Waals surface area contributed by atoms with Gasteiger partial charge in [-0.25, -0.2) is 4.39 Å². The Balaban J connectivity index is 2.05. The summed E-state index contributed by atoms with van der Waals surface area (Å²) in [6, 6.07) is 8.19. The van der Waals surface area contributed by atoms with Crippen LogP contribution in [0, 0.1) is 5.82 Å². The molecule has 2 rings (SSSR count). The molecule has 0 spiro atoms. The van der Waals surface area contributed by atoms with Gasteiger partial charge in [0.2, 0.25) is 0 Å². The first kappa shape index (κ1) is 13.5. The van der Waals surface area contributed by atoms with Crippen molar-refractivity contribution in [2.75, 3.05) is 6.54 Å². The number of rotatable bonds is 6. The number of hydrogen-bond acceptors (Lipinski definition) is 3. The molecule has 0 fully saturated rings. The Morgan fingerprint density at radius 2 is 2.11 bits per heavy atom. The van der Waals surface area contributed by atoms with Gasteiger partial charge in [0.15, 0.2) is 11.6 Å². The molecule has 0 amide bonds. The maximum Gasteiger partial charge on any atom is 0.165 e. The van der Waals surface area contributed by atoms with Crippen molar-refractivity contribution in [3.63, 3.8) is 0 Å². The fourth-order valence-corrected chi connectivity index (χ4v) is 1.68. The van der Waals surface area contributed by atoms with E-state index in [0.717, 1.165) is 25.1 Å². The van der Waals surface area contributed by atoms with Gasteiger partial charge in [0.25, 0.3) is 0 Å². The monoisotopic (exact) mass is 260 g/mol. The van der Waals surface area contributed by atoms with Gasteiger partial charge in [0, 0.05) is 12.7 Å². The van der Waals surface area contributed by atoms with E-state index in [1.54, 1.807) is 30.6 Å². The number of ether oxygens (including phenoxy) is 1. The highest BCUT2D eigenvalue weighted by Crippen LogP contribution is 2.23. The molecule has 1 aromatic carbocycles. The van der Waals surface area contributed by atoms with Crippen molar-refractivity contribution in [1.29, 1.82) is 0 Å². The lowest BCUT2D eigenvalue weighted by Crippen LogP contribution is -2.13. The minimum absolute atomic E-state index is 0.211. The topological polar surface area (TPSA) is 34.2 Å².